The van der Waals surface area contributed by atoms with Crippen LogP contribution in [-0.2, 0) is 10.6 Å². The lowest BCUT2D eigenvalue weighted by Gasteiger charge is -2.43. The first-order valence-electron chi connectivity index (χ1n) is 11.3. The van der Waals surface area contributed by atoms with Gasteiger partial charge in [0.25, 0.3) is 8.32 Å². The minimum absolute atomic E-state index is 0.0304. The molecular formula is C27H32F3NO2Si. The molecule has 3 nitrogen and oxygen atoms in total. The number of alkyl halides is 3. The predicted octanol–water partition coefficient (Wildman–Crippen LogP) is 5.68. The summed E-state index contributed by atoms with van der Waals surface area (Å²) in [6.07, 6.45) is -4.54. The number of rotatable bonds is 8. The molecular weight excluding hydrogens is 455 g/mol. The summed E-state index contributed by atoms with van der Waals surface area (Å²) in [5.74, 6) is -0.226. The van der Waals surface area contributed by atoms with Crippen LogP contribution in [0.25, 0.3) is 0 Å². The van der Waals surface area contributed by atoms with Crippen LogP contribution in [-0.4, -0.2) is 21.5 Å². The van der Waals surface area contributed by atoms with Crippen LogP contribution in [0.15, 0.2) is 78.9 Å². The van der Waals surface area contributed by atoms with Crippen molar-refractivity contribution in [3.8, 4) is 5.75 Å². The number of ether oxygens (including phenoxy) is 1. The zero-order valence-electron chi connectivity index (χ0n) is 20.0. The topological polar surface area (TPSA) is 44.5 Å². The van der Waals surface area contributed by atoms with Gasteiger partial charge in [-0.3, -0.25) is 0 Å². The zero-order chi connectivity index (χ0) is 25.0. The average Bonchev–Trinajstić information content (AvgIpc) is 2.78. The Morgan fingerprint density at radius 2 is 1.32 bits per heavy atom. The summed E-state index contributed by atoms with van der Waals surface area (Å²) in [6, 6.07) is 23.5. The summed E-state index contributed by atoms with van der Waals surface area (Å²) in [5.41, 5.74) is 5.43. The van der Waals surface area contributed by atoms with E-state index in [1.807, 2.05) is 36.4 Å². The molecule has 3 aromatic rings. The lowest BCUT2D eigenvalue weighted by molar-refractivity contribution is -0.139. The summed E-state index contributed by atoms with van der Waals surface area (Å²) in [6.45, 7) is 8.18. The third-order valence-corrected chi connectivity index (χ3v) is 10.9. The van der Waals surface area contributed by atoms with Gasteiger partial charge in [0.05, 0.1) is 12.2 Å². The Morgan fingerprint density at radius 1 is 0.794 bits per heavy atom. The molecule has 34 heavy (non-hydrogen) atoms. The first-order chi connectivity index (χ1) is 16.0. The maximum Gasteiger partial charge on any atom is 0.419 e. The molecule has 0 heterocycles. The van der Waals surface area contributed by atoms with Crippen molar-refractivity contribution < 1.29 is 22.3 Å². The summed E-state index contributed by atoms with van der Waals surface area (Å²) < 4.78 is 53.4. The molecule has 1 atom stereocenters. The highest BCUT2D eigenvalue weighted by Crippen LogP contribution is 2.40. The van der Waals surface area contributed by atoms with E-state index in [0.29, 0.717) is 5.56 Å². The fourth-order valence-corrected chi connectivity index (χ4v) is 8.94. The molecule has 0 bridgehead atoms. The molecule has 2 N–H and O–H groups in total. The van der Waals surface area contributed by atoms with Crippen molar-refractivity contribution in [3.05, 3.63) is 90.0 Å². The van der Waals surface area contributed by atoms with Crippen molar-refractivity contribution in [1.82, 2.24) is 0 Å². The van der Waals surface area contributed by atoms with E-state index in [-0.39, 0.29) is 24.0 Å². The van der Waals surface area contributed by atoms with Crippen molar-refractivity contribution >= 4 is 18.7 Å². The Balaban J connectivity index is 1.94. The van der Waals surface area contributed by atoms with Gasteiger partial charge in [-0.25, -0.2) is 0 Å². The summed E-state index contributed by atoms with van der Waals surface area (Å²) in [7, 11) is -2.80. The number of para-hydroxylation sites is 1. The second-order valence-electron chi connectivity index (χ2n) is 9.37. The monoisotopic (exact) mass is 487 g/mol. The van der Waals surface area contributed by atoms with Crippen LogP contribution in [0.5, 0.6) is 5.75 Å². The van der Waals surface area contributed by atoms with Crippen molar-refractivity contribution in [2.75, 3.05) is 13.2 Å². The highest BCUT2D eigenvalue weighted by atomic mass is 28.4. The molecule has 0 fully saturated rings. The van der Waals surface area contributed by atoms with Gasteiger partial charge >= 0.3 is 6.18 Å². The van der Waals surface area contributed by atoms with Crippen LogP contribution in [0.4, 0.5) is 13.2 Å². The highest BCUT2D eigenvalue weighted by molar-refractivity contribution is 6.99. The fraction of sp³-hybridized carbons (Fsp3) is 0.333. The summed E-state index contributed by atoms with van der Waals surface area (Å²) >= 11 is 0. The van der Waals surface area contributed by atoms with E-state index in [9.17, 15) is 13.2 Å². The molecule has 0 aliphatic heterocycles. The van der Waals surface area contributed by atoms with Gasteiger partial charge in [0.2, 0.25) is 0 Å². The van der Waals surface area contributed by atoms with E-state index in [0.717, 1.165) is 16.4 Å². The van der Waals surface area contributed by atoms with E-state index in [2.05, 4.69) is 45.0 Å². The molecule has 0 amide bonds. The summed E-state index contributed by atoms with van der Waals surface area (Å²) in [5, 5.41) is 1.96. The van der Waals surface area contributed by atoms with Crippen molar-refractivity contribution in [3.63, 3.8) is 0 Å². The second kappa shape index (κ2) is 10.3. The summed E-state index contributed by atoms with van der Waals surface area (Å²) in [4.78, 5) is 0. The minimum Gasteiger partial charge on any atom is -0.490 e. The van der Waals surface area contributed by atoms with Crippen molar-refractivity contribution in [2.24, 2.45) is 5.73 Å². The zero-order valence-corrected chi connectivity index (χ0v) is 21.0. The number of halogens is 3. The third-order valence-electron chi connectivity index (χ3n) is 5.91. The Kier molecular flexibility index (Phi) is 7.90. The molecule has 3 rings (SSSR count). The van der Waals surface area contributed by atoms with Gasteiger partial charge in [0.1, 0.15) is 12.4 Å². The highest BCUT2D eigenvalue weighted by Gasteiger charge is 2.50. The quantitative estimate of drug-likeness (QED) is 0.328. The molecule has 0 aliphatic rings. The van der Waals surface area contributed by atoms with Crippen molar-refractivity contribution in [1.29, 1.82) is 0 Å². The Labute approximate surface area is 200 Å². The van der Waals surface area contributed by atoms with E-state index in [4.69, 9.17) is 14.9 Å². The van der Waals surface area contributed by atoms with Gasteiger partial charge in [-0.1, -0.05) is 93.6 Å². The molecule has 0 radical (unpaired) electrons. The molecule has 0 spiro atoms. The maximum atomic E-state index is 13.6. The molecule has 0 unspecified atom stereocenters. The molecule has 3 aromatic carbocycles. The molecule has 0 saturated heterocycles. The van der Waals surface area contributed by atoms with Crippen molar-refractivity contribution in [2.45, 2.75) is 45.0 Å². The third kappa shape index (κ3) is 5.37. The number of benzene rings is 3. The average molecular weight is 488 g/mol. The van der Waals surface area contributed by atoms with Crippen LogP contribution < -0.4 is 20.8 Å². The predicted molar refractivity (Wildman–Crippen MR) is 133 cm³/mol. The van der Waals surface area contributed by atoms with Crippen LogP contribution in [0, 0.1) is 0 Å². The largest absolute Gasteiger partial charge is 0.490 e. The van der Waals surface area contributed by atoms with E-state index < -0.39 is 26.1 Å². The lowest BCUT2D eigenvalue weighted by Crippen LogP contribution is -2.66. The van der Waals surface area contributed by atoms with Crippen LogP contribution >= 0.6 is 0 Å². The van der Waals surface area contributed by atoms with Gasteiger partial charge in [0.15, 0.2) is 0 Å². The maximum absolute atomic E-state index is 13.6. The molecule has 182 valence electrons. The van der Waals surface area contributed by atoms with E-state index >= 15 is 0 Å². The first-order valence-corrected chi connectivity index (χ1v) is 13.2. The van der Waals surface area contributed by atoms with Crippen LogP contribution in [0.2, 0.25) is 5.04 Å². The SMILES string of the molecule is C[C@@H](N)c1cccc(C(F)(F)F)c1OCCO[Si](c1ccccc1)(c1ccccc1)C(C)(C)C. The van der Waals surface area contributed by atoms with Crippen LogP contribution in [0.1, 0.15) is 44.9 Å². The molecule has 0 saturated carbocycles. The molecule has 0 aromatic heterocycles. The van der Waals surface area contributed by atoms with Gasteiger partial charge in [-0.2, -0.15) is 13.2 Å². The lowest BCUT2D eigenvalue weighted by atomic mass is 10.0. The number of hydrogen-bond donors (Lipinski definition) is 1. The fourth-order valence-electron chi connectivity index (χ4n) is 4.40. The smallest absolute Gasteiger partial charge is 0.419 e. The normalized spacial score (nSPS) is 13.5. The van der Waals surface area contributed by atoms with Gasteiger partial charge in [-0.05, 0) is 28.4 Å². The van der Waals surface area contributed by atoms with Crippen LogP contribution in [0.3, 0.4) is 0 Å². The Hall–Kier alpha value is -2.61. The van der Waals surface area contributed by atoms with Gasteiger partial charge in [-0.15, -0.1) is 0 Å². The number of hydrogen-bond acceptors (Lipinski definition) is 3. The minimum atomic E-state index is -4.54. The standard InChI is InChI=1S/C27H32F3NO2Si/c1-20(31)23-16-11-17-24(27(28,29)30)25(23)32-18-19-33-34(26(2,3)4,21-12-7-5-8-13-21)22-14-9-6-10-15-22/h5-17,20H,18-19,31H2,1-4H3/t20-/m1/s1. The van der Waals surface area contributed by atoms with Gasteiger partial charge in [0, 0.05) is 11.6 Å². The molecule has 7 heteroatoms. The molecule has 0 aliphatic carbocycles. The number of nitrogens with two attached hydrogens (primary N) is 1. The van der Waals surface area contributed by atoms with Gasteiger partial charge < -0.3 is 14.9 Å². The second-order valence-corrected chi connectivity index (χ2v) is 13.7. The van der Waals surface area contributed by atoms with E-state index in [1.165, 1.54) is 6.07 Å². The van der Waals surface area contributed by atoms with E-state index in [1.54, 1.807) is 13.0 Å². The Morgan fingerprint density at radius 3 is 1.76 bits per heavy atom. The Bertz CT molecular complexity index is 1030. The first kappa shape index (κ1) is 26.0.